The number of benzene rings is 2. The monoisotopic (exact) mass is 415 g/mol. The molecule has 0 aliphatic heterocycles. The number of carbonyl (C=O) groups excluding carboxylic acids is 1. The van der Waals surface area contributed by atoms with Gasteiger partial charge in [-0.15, -0.1) is 11.3 Å². The van der Waals surface area contributed by atoms with Crippen LogP contribution >= 0.6 is 22.9 Å². The molecule has 1 heterocycles. The number of likely N-dealkylation sites (N-methyl/N-ethyl adjacent to an activating group) is 1. The number of methoxy groups -OCH3 is 1. The molecule has 0 aliphatic carbocycles. The third kappa shape index (κ3) is 4.13. The van der Waals surface area contributed by atoms with Gasteiger partial charge in [0.25, 0.3) is 0 Å². The Labute approximate surface area is 174 Å². The van der Waals surface area contributed by atoms with Crippen molar-refractivity contribution in [2.24, 2.45) is 0 Å². The summed E-state index contributed by atoms with van der Waals surface area (Å²) in [6.45, 7) is 1.86. The van der Waals surface area contributed by atoms with Gasteiger partial charge < -0.3 is 14.5 Å². The summed E-state index contributed by atoms with van der Waals surface area (Å²) in [7, 11) is 5.13. The summed E-state index contributed by atoms with van der Waals surface area (Å²) in [4.78, 5) is 21.0. The Morgan fingerprint density at radius 1 is 1.14 bits per heavy atom. The normalized spacial score (nSPS) is 11.8. The van der Waals surface area contributed by atoms with E-state index in [1.54, 1.807) is 26.1 Å². The Balaban J connectivity index is 2.02. The minimum atomic E-state index is -0.454. The number of ether oxygens (including phenoxy) is 1. The minimum absolute atomic E-state index is 0.0267. The number of hydrogen-bond acceptors (Lipinski definition) is 5. The lowest BCUT2D eigenvalue weighted by Crippen LogP contribution is -2.42. The van der Waals surface area contributed by atoms with E-state index in [4.69, 9.17) is 21.3 Å². The van der Waals surface area contributed by atoms with Crippen LogP contribution in [0, 0.1) is 0 Å². The van der Waals surface area contributed by atoms with Crippen LogP contribution in [0.1, 0.15) is 6.92 Å². The molecule has 146 valence electrons. The van der Waals surface area contributed by atoms with Crippen LogP contribution in [0.2, 0.25) is 5.02 Å². The van der Waals surface area contributed by atoms with Crippen molar-refractivity contribution >= 4 is 39.7 Å². The van der Waals surface area contributed by atoms with E-state index >= 15 is 0 Å². The minimum Gasteiger partial charge on any atom is -0.497 e. The van der Waals surface area contributed by atoms with Crippen molar-refractivity contribution in [3.05, 3.63) is 58.9 Å². The highest BCUT2D eigenvalue weighted by Gasteiger charge is 2.28. The van der Waals surface area contributed by atoms with Crippen LogP contribution in [0.5, 0.6) is 5.75 Å². The van der Waals surface area contributed by atoms with Crippen molar-refractivity contribution in [2.45, 2.75) is 13.0 Å². The second-order valence-electron chi connectivity index (χ2n) is 6.47. The molecule has 1 atom stereocenters. The zero-order valence-corrected chi connectivity index (χ0v) is 17.8. The van der Waals surface area contributed by atoms with Crippen molar-refractivity contribution in [3.8, 4) is 17.0 Å². The molecule has 3 aromatic rings. The molecule has 1 aromatic heterocycles. The van der Waals surface area contributed by atoms with Gasteiger partial charge in [0, 0.05) is 25.0 Å². The smallest absolute Gasteiger partial charge is 0.244 e. The molecule has 0 saturated heterocycles. The van der Waals surface area contributed by atoms with Gasteiger partial charge in [0.2, 0.25) is 5.91 Å². The highest BCUT2D eigenvalue weighted by atomic mass is 35.5. The van der Waals surface area contributed by atoms with Crippen LogP contribution in [0.15, 0.2) is 53.9 Å². The molecular weight excluding hydrogens is 394 g/mol. The van der Waals surface area contributed by atoms with Gasteiger partial charge in [0.15, 0.2) is 5.13 Å². The molecule has 7 heteroatoms. The molecule has 2 aromatic carbocycles. The number of para-hydroxylation sites is 1. The van der Waals surface area contributed by atoms with Crippen LogP contribution in [-0.4, -0.2) is 43.0 Å². The number of amides is 1. The Morgan fingerprint density at radius 2 is 1.82 bits per heavy atom. The van der Waals surface area contributed by atoms with Gasteiger partial charge >= 0.3 is 0 Å². The first-order valence-electron chi connectivity index (χ1n) is 8.77. The van der Waals surface area contributed by atoms with Gasteiger partial charge in [-0.25, -0.2) is 4.98 Å². The maximum absolute atomic E-state index is 12.7. The molecule has 0 unspecified atom stereocenters. The predicted octanol–water partition coefficient (Wildman–Crippen LogP) is 5.09. The summed E-state index contributed by atoms with van der Waals surface area (Å²) in [5.74, 6) is 0.767. The van der Waals surface area contributed by atoms with E-state index in [2.05, 4.69) is 0 Å². The zero-order valence-electron chi connectivity index (χ0n) is 16.2. The number of thiazole rings is 1. The lowest BCUT2D eigenvalue weighted by Gasteiger charge is -2.30. The molecule has 3 rings (SSSR count). The van der Waals surface area contributed by atoms with E-state index in [9.17, 15) is 4.79 Å². The predicted molar refractivity (Wildman–Crippen MR) is 116 cm³/mol. The molecule has 0 bridgehead atoms. The third-order valence-electron chi connectivity index (χ3n) is 4.38. The van der Waals surface area contributed by atoms with Crippen molar-refractivity contribution in [1.29, 1.82) is 0 Å². The summed E-state index contributed by atoms with van der Waals surface area (Å²) >= 11 is 7.93. The van der Waals surface area contributed by atoms with E-state index < -0.39 is 6.04 Å². The second kappa shape index (κ2) is 8.63. The molecule has 0 aliphatic rings. The summed E-state index contributed by atoms with van der Waals surface area (Å²) in [6.07, 6.45) is 0. The lowest BCUT2D eigenvalue weighted by molar-refractivity contribution is -0.129. The fourth-order valence-corrected chi connectivity index (χ4v) is 4.03. The number of carbonyl (C=O) groups is 1. The first-order valence-corrected chi connectivity index (χ1v) is 10.0. The van der Waals surface area contributed by atoms with Crippen molar-refractivity contribution in [2.75, 3.05) is 26.1 Å². The quantitative estimate of drug-likeness (QED) is 0.562. The number of hydrogen-bond donors (Lipinski definition) is 0. The van der Waals surface area contributed by atoms with Gasteiger partial charge in [-0.05, 0) is 43.3 Å². The van der Waals surface area contributed by atoms with Crippen LogP contribution in [0.25, 0.3) is 11.3 Å². The van der Waals surface area contributed by atoms with Gasteiger partial charge in [-0.2, -0.15) is 0 Å². The summed E-state index contributed by atoms with van der Waals surface area (Å²) in [5.41, 5.74) is 2.57. The number of anilines is 2. The highest BCUT2D eigenvalue weighted by molar-refractivity contribution is 7.14. The average Bonchev–Trinajstić information content (AvgIpc) is 3.18. The zero-order chi connectivity index (χ0) is 20.3. The van der Waals surface area contributed by atoms with Crippen LogP contribution < -0.4 is 9.64 Å². The Morgan fingerprint density at radius 3 is 2.43 bits per heavy atom. The van der Waals surface area contributed by atoms with E-state index in [1.165, 1.54) is 11.3 Å². The van der Waals surface area contributed by atoms with E-state index in [0.29, 0.717) is 10.2 Å². The molecule has 0 saturated carbocycles. The molecule has 5 nitrogen and oxygen atoms in total. The fourth-order valence-electron chi connectivity index (χ4n) is 2.88. The summed E-state index contributed by atoms with van der Waals surface area (Å²) < 4.78 is 5.22. The molecule has 0 N–H and O–H groups in total. The van der Waals surface area contributed by atoms with Crippen LogP contribution in [0.3, 0.4) is 0 Å². The van der Waals surface area contributed by atoms with E-state index in [1.807, 2.05) is 65.7 Å². The average molecular weight is 416 g/mol. The first kappa shape index (κ1) is 20.2. The van der Waals surface area contributed by atoms with Crippen molar-refractivity contribution < 1.29 is 9.53 Å². The van der Waals surface area contributed by atoms with Gasteiger partial charge in [-0.3, -0.25) is 4.79 Å². The maximum Gasteiger partial charge on any atom is 0.244 e. The summed E-state index contributed by atoms with van der Waals surface area (Å²) in [5, 5.41) is 3.26. The Kier molecular flexibility index (Phi) is 6.21. The number of aromatic nitrogens is 1. The molecule has 0 radical (unpaired) electrons. The standard InChI is InChI=1S/C21H22ClN3O2S/c1-14(20(26)24(2)3)25(19-8-6-5-7-17(19)22)21-23-18(13-28-21)15-9-11-16(27-4)12-10-15/h5-14H,1-4H3/t14-/m1/s1. The van der Waals surface area contributed by atoms with Crippen LogP contribution in [0.4, 0.5) is 10.8 Å². The van der Waals surface area contributed by atoms with Gasteiger partial charge in [0.05, 0.1) is 23.5 Å². The largest absolute Gasteiger partial charge is 0.497 e. The SMILES string of the molecule is COc1ccc(-c2csc(N(c3ccccc3Cl)[C@H](C)C(=O)N(C)C)n2)cc1. The van der Waals surface area contributed by atoms with Crippen molar-refractivity contribution in [3.63, 3.8) is 0 Å². The number of halogens is 1. The number of nitrogens with zero attached hydrogens (tertiary/aromatic N) is 3. The number of rotatable bonds is 6. The first-order chi connectivity index (χ1) is 13.4. The molecule has 28 heavy (non-hydrogen) atoms. The van der Waals surface area contributed by atoms with Crippen LogP contribution in [-0.2, 0) is 4.79 Å². The van der Waals surface area contributed by atoms with E-state index in [-0.39, 0.29) is 5.91 Å². The molecule has 0 spiro atoms. The molecular formula is C21H22ClN3O2S. The lowest BCUT2D eigenvalue weighted by atomic mass is 10.2. The third-order valence-corrected chi connectivity index (χ3v) is 5.54. The molecule has 1 amide bonds. The Hall–Kier alpha value is -2.57. The topological polar surface area (TPSA) is 45.7 Å². The highest BCUT2D eigenvalue weighted by Crippen LogP contribution is 2.37. The van der Waals surface area contributed by atoms with Gasteiger partial charge in [0.1, 0.15) is 11.8 Å². The van der Waals surface area contributed by atoms with E-state index in [0.717, 1.165) is 22.7 Å². The molecule has 0 fully saturated rings. The summed E-state index contributed by atoms with van der Waals surface area (Å²) in [6, 6.07) is 14.8. The second-order valence-corrected chi connectivity index (χ2v) is 7.72. The van der Waals surface area contributed by atoms with Crippen molar-refractivity contribution in [1.82, 2.24) is 9.88 Å². The maximum atomic E-state index is 12.7. The van der Waals surface area contributed by atoms with Gasteiger partial charge in [-0.1, -0.05) is 23.7 Å². The Bertz CT molecular complexity index is 956. The fraction of sp³-hybridized carbons (Fsp3) is 0.238.